The molecule has 7 nitrogen and oxygen atoms in total. The third kappa shape index (κ3) is 7.46. The number of carbonyl (C=O) groups is 1. The molecule has 0 fully saturated rings. The normalized spacial score (nSPS) is 11.2. The Morgan fingerprint density at radius 1 is 1.04 bits per heavy atom. The Morgan fingerprint density at radius 3 is 2.24 bits per heavy atom. The van der Waals surface area contributed by atoms with E-state index in [-0.39, 0.29) is 26.0 Å². The monoisotopic (exact) mass is 374 g/mol. The smallest absolute Gasteiger partial charge is 0.341 e. The van der Waals surface area contributed by atoms with E-state index in [2.05, 4.69) is 0 Å². The lowest BCUT2D eigenvalue weighted by Crippen LogP contribution is -2.14. The van der Waals surface area contributed by atoms with Crippen LogP contribution in [0.2, 0.25) is 0 Å². The van der Waals surface area contributed by atoms with Crippen LogP contribution in [0, 0.1) is 0 Å². The zero-order valence-corrected chi connectivity index (χ0v) is 16.2. The number of hydrogen-bond acceptors (Lipinski definition) is 7. The Balaban J connectivity index is 2.42. The van der Waals surface area contributed by atoms with E-state index in [0.29, 0.717) is 24.3 Å². The summed E-state index contributed by atoms with van der Waals surface area (Å²) in [6, 6.07) is 5.65. The number of esters is 1. The summed E-state index contributed by atoms with van der Waals surface area (Å²) in [4.78, 5) is 11.8. The lowest BCUT2D eigenvalue weighted by molar-refractivity contribution is -0.140. The molecule has 1 aromatic carbocycles. The number of ether oxygens (including phenoxy) is 3. The van der Waals surface area contributed by atoms with Gasteiger partial charge in [-0.15, -0.1) is 0 Å². The third-order valence-electron chi connectivity index (χ3n) is 3.30. The van der Waals surface area contributed by atoms with E-state index >= 15 is 0 Å². The van der Waals surface area contributed by atoms with Crippen LogP contribution in [0.5, 0.6) is 11.5 Å². The van der Waals surface area contributed by atoms with Crippen LogP contribution in [0.1, 0.15) is 25.8 Å². The Labute approximate surface area is 149 Å². The quantitative estimate of drug-likeness (QED) is 0.315. The molecule has 0 bridgehead atoms. The molecule has 0 aliphatic rings. The van der Waals surface area contributed by atoms with E-state index in [1.54, 1.807) is 28.1 Å². The van der Waals surface area contributed by atoms with Gasteiger partial charge in [-0.2, -0.15) is 0 Å². The van der Waals surface area contributed by atoms with Crippen LogP contribution in [0.15, 0.2) is 18.2 Å². The fraction of sp³-hybridized carbons (Fsp3) is 0.588. The van der Waals surface area contributed by atoms with Gasteiger partial charge < -0.3 is 23.3 Å². The van der Waals surface area contributed by atoms with Gasteiger partial charge in [0, 0.05) is 0 Å². The first kappa shape index (κ1) is 21.5. The van der Waals surface area contributed by atoms with E-state index in [1.165, 1.54) is 0 Å². The van der Waals surface area contributed by atoms with Gasteiger partial charge in [-0.1, -0.05) is 6.07 Å². The van der Waals surface area contributed by atoms with Gasteiger partial charge in [0.2, 0.25) is 0 Å². The minimum atomic E-state index is -3.41. The molecule has 0 unspecified atom stereocenters. The second-order valence-corrected chi connectivity index (χ2v) is 7.17. The molecule has 8 heteroatoms. The summed E-state index contributed by atoms with van der Waals surface area (Å²) in [5.41, 5.74) is 1.04. The van der Waals surface area contributed by atoms with Crippen LogP contribution in [0.25, 0.3) is 0 Å². The molecule has 0 aromatic heterocycles. The van der Waals surface area contributed by atoms with Crippen LogP contribution in [0.4, 0.5) is 0 Å². The maximum atomic E-state index is 12.2. The van der Waals surface area contributed by atoms with E-state index in [1.807, 2.05) is 18.2 Å². The Morgan fingerprint density at radius 2 is 1.68 bits per heavy atom. The molecule has 0 saturated carbocycles. The average Bonchev–Trinajstić information content (AvgIpc) is 2.58. The van der Waals surface area contributed by atoms with Crippen molar-refractivity contribution in [1.29, 1.82) is 0 Å². The molecule has 142 valence electrons. The molecule has 1 rings (SSSR count). The largest absolute Gasteiger partial charge is 0.493 e. The van der Waals surface area contributed by atoms with Gasteiger partial charge in [0.15, 0.2) is 11.5 Å². The van der Waals surface area contributed by atoms with Gasteiger partial charge >= 0.3 is 13.6 Å². The highest BCUT2D eigenvalue weighted by Crippen LogP contribution is 2.47. The number of methoxy groups -OCH3 is 2. The molecular weight excluding hydrogens is 347 g/mol. The first-order chi connectivity index (χ1) is 12.0. The van der Waals surface area contributed by atoms with Gasteiger partial charge in [-0.25, -0.2) is 0 Å². The van der Waals surface area contributed by atoms with Crippen LogP contribution >= 0.6 is 7.60 Å². The molecule has 1 aromatic rings. The van der Waals surface area contributed by atoms with E-state index in [4.69, 9.17) is 23.3 Å². The molecule has 0 N–H and O–H groups in total. The van der Waals surface area contributed by atoms with Crippen LogP contribution in [0.3, 0.4) is 0 Å². The molecule has 0 heterocycles. The van der Waals surface area contributed by atoms with E-state index in [0.717, 1.165) is 5.56 Å². The van der Waals surface area contributed by atoms with Crippen LogP contribution < -0.4 is 9.47 Å². The number of aryl methyl sites for hydroxylation is 1. The SMILES string of the molecule is CCOP(=O)(CC(=O)OCCCc1ccc(OC)c(OC)c1)OCC. The number of benzene rings is 1. The zero-order valence-electron chi connectivity index (χ0n) is 15.3. The summed E-state index contributed by atoms with van der Waals surface area (Å²) >= 11 is 0. The first-order valence-corrected chi connectivity index (χ1v) is 9.95. The molecule has 0 aliphatic heterocycles. The standard InChI is InChI=1S/C17H27O7P/c1-5-23-25(19,24-6-2)13-17(18)22-11-7-8-14-9-10-15(20-3)16(12-14)21-4/h9-10,12H,5-8,11,13H2,1-4H3. The number of hydrogen-bond donors (Lipinski definition) is 0. The Bertz CT molecular complexity index is 578. The summed E-state index contributed by atoms with van der Waals surface area (Å²) < 4.78 is 37.9. The van der Waals surface area contributed by atoms with Gasteiger partial charge in [-0.3, -0.25) is 9.36 Å². The van der Waals surface area contributed by atoms with Crippen molar-refractivity contribution in [3.05, 3.63) is 23.8 Å². The maximum absolute atomic E-state index is 12.2. The third-order valence-corrected chi connectivity index (χ3v) is 5.24. The maximum Gasteiger partial charge on any atom is 0.341 e. The topological polar surface area (TPSA) is 80.3 Å². The fourth-order valence-electron chi connectivity index (χ4n) is 2.22. The highest BCUT2D eigenvalue weighted by molar-refractivity contribution is 7.54. The lowest BCUT2D eigenvalue weighted by atomic mass is 10.1. The minimum Gasteiger partial charge on any atom is -0.493 e. The number of rotatable bonds is 12. The Kier molecular flexibility index (Phi) is 9.57. The van der Waals surface area contributed by atoms with Gasteiger partial charge in [0.1, 0.15) is 6.16 Å². The van der Waals surface area contributed by atoms with Gasteiger partial charge in [0.25, 0.3) is 0 Å². The summed E-state index contributed by atoms with van der Waals surface area (Å²) in [6.07, 6.45) is 0.974. The highest BCUT2D eigenvalue weighted by atomic mass is 31.2. The van der Waals surface area contributed by atoms with Gasteiger partial charge in [0.05, 0.1) is 34.0 Å². The first-order valence-electron chi connectivity index (χ1n) is 8.22. The molecule has 0 aliphatic carbocycles. The molecule has 0 saturated heterocycles. The summed E-state index contributed by atoms with van der Waals surface area (Å²) in [7, 11) is -0.242. The highest BCUT2D eigenvalue weighted by Gasteiger charge is 2.28. The van der Waals surface area contributed by atoms with Gasteiger partial charge in [-0.05, 0) is 44.4 Å². The summed E-state index contributed by atoms with van der Waals surface area (Å²) in [5.74, 6) is 0.740. The summed E-state index contributed by atoms with van der Waals surface area (Å²) in [6.45, 7) is 4.04. The van der Waals surface area contributed by atoms with Crippen molar-refractivity contribution in [3.8, 4) is 11.5 Å². The predicted octanol–water partition coefficient (Wildman–Crippen LogP) is 3.45. The van der Waals surface area contributed by atoms with Crippen molar-refractivity contribution in [2.75, 3.05) is 40.2 Å². The van der Waals surface area contributed by atoms with Crippen molar-refractivity contribution >= 4 is 13.6 Å². The van der Waals surface area contributed by atoms with Crippen LogP contribution in [-0.4, -0.2) is 46.2 Å². The average molecular weight is 374 g/mol. The zero-order chi connectivity index (χ0) is 18.7. The minimum absolute atomic E-state index is 0.212. The molecule has 0 radical (unpaired) electrons. The predicted molar refractivity (Wildman–Crippen MR) is 94.6 cm³/mol. The van der Waals surface area contributed by atoms with Crippen molar-refractivity contribution in [2.24, 2.45) is 0 Å². The van der Waals surface area contributed by atoms with E-state index < -0.39 is 13.6 Å². The molecule has 0 atom stereocenters. The van der Waals surface area contributed by atoms with Crippen LogP contribution in [-0.2, 0) is 29.6 Å². The van der Waals surface area contributed by atoms with Crippen molar-refractivity contribution < 1.29 is 32.6 Å². The van der Waals surface area contributed by atoms with Crippen molar-refractivity contribution in [1.82, 2.24) is 0 Å². The fourth-order valence-corrected chi connectivity index (χ4v) is 3.68. The Hall–Kier alpha value is -1.56. The second-order valence-electron chi connectivity index (χ2n) is 5.12. The van der Waals surface area contributed by atoms with Crippen molar-refractivity contribution in [3.63, 3.8) is 0 Å². The van der Waals surface area contributed by atoms with Crippen molar-refractivity contribution in [2.45, 2.75) is 26.7 Å². The second kappa shape index (κ2) is 11.1. The molecule has 25 heavy (non-hydrogen) atoms. The molecular formula is C17H27O7P. The molecule has 0 amide bonds. The van der Waals surface area contributed by atoms with E-state index in [9.17, 15) is 9.36 Å². The lowest BCUT2D eigenvalue weighted by Gasteiger charge is -2.16. The molecule has 0 spiro atoms. The summed E-state index contributed by atoms with van der Waals surface area (Å²) in [5, 5.41) is 0. The number of carbonyl (C=O) groups excluding carboxylic acids is 1.